The molecule has 4 aliphatic carbocycles. The maximum Gasteiger partial charge on any atom is 0.164 e. The third kappa shape index (κ3) is 9.55. The number of fused-ring (bicyclic) bond motifs is 21. The molecule has 1 atom stereocenters. The van der Waals surface area contributed by atoms with Crippen LogP contribution in [0.3, 0.4) is 0 Å². The van der Waals surface area contributed by atoms with Gasteiger partial charge in [0.2, 0.25) is 0 Å². The third-order valence-electron chi connectivity index (χ3n) is 25.3. The van der Waals surface area contributed by atoms with Crippen molar-refractivity contribution in [3.63, 3.8) is 0 Å². The molecule has 2 aromatic heterocycles. The second kappa shape index (κ2) is 25.1. The summed E-state index contributed by atoms with van der Waals surface area (Å²) in [7, 11) is 0. The van der Waals surface area contributed by atoms with Crippen LogP contribution in [-0.4, -0.2) is 29.9 Å². The molecule has 4 heterocycles. The summed E-state index contributed by atoms with van der Waals surface area (Å²) in [6.07, 6.45) is 5.35. The first-order chi connectivity index (χ1) is 57.2. The Morgan fingerprint density at radius 1 is 0.241 bits per heavy atom. The lowest BCUT2D eigenvalue weighted by Crippen LogP contribution is -2.32. The first-order valence-corrected chi connectivity index (χ1v) is 39.8. The van der Waals surface area contributed by atoms with E-state index in [2.05, 4.69) is 341 Å². The van der Waals surface area contributed by atoms with E-state index in [9.17, 15) is 0 Å². The Hall–Kier alpha value is -14.9. The number of allylic oxidation sites excluding steroid dienone is 1. The summed E-state index contributed by atoms with van der Waals surface area (Å²) in [6, 6.07) is 127. The van der Waals surface area contributed by atoms with Crippen molar-refractivity contribution in [3.8, 4) is 158 Å². The van der Waals surface area contributed by atoms with Crippen molar-refractivity contribution in [2.24, 2.45) is 0 Å². The Morgan fingerprint density at radius 2 is 0.629 bits per heavy atom. The number of rotatable bonds is 9. The van der Waals surface area contributed by atoms with Gasteiger partial charge in [0.1, 0.15) is 23.0 Å². The van der Waals surface area contributed by atoms with Crippen LogP contribution in [0, 0.1) is 0 Å². The quantitative estimate of drug-likeness (QED) is 0.141. The minimum absolute atomic E-state index is 0.210. The van der Waals surface area contributed by atoms with Gasteiger partial charge < -0.3 is 9.47 Å². The molecule has 18 aromatic rings. The molecular formula is C108H68N6O2. The van der Waals surface area contributed by atoms with Gasteiger partial charge in [0.15, 0.2) is 34.9 Å². The zero-order valence-electron chi connectivity index (χ0n) is 63.3. The van der Waals surface area contributed by atoms with Crippen molar-refractivity contribution in [2.45, 2.75) is 36.5 Å². The van der Waals surface area contributed by atoms with Crippen LogP contribution in [0.5, 0.6) is 23.0 Å². The molecule has 1 unspecified atom stereocenters. The predicted molar refractivity (Wildman–Crippen MR) is 465 cm³/mol. The number of hydrogen-bond donors (Lipinski definition) is 0. The molecule has 6 aliphatic rings. The van der Waals surface area contributed by atoms with Crippen LogP contribution >= 0.6 is 0 Å². The van der Waals surface area contributed by atoms with E-state index in [-0.39, 0.29) is 5.41 Å². The molecule has 8 heteroatoms. The van der Waals surface area contributed by atoms with Crippen LogP contribution in [0.1, 0.15) is 80.6 Å². The van der Waals surface area contributed by atoms with Crippen LogP contribution in [0.15, 0.2) is 358 Å². The highest BCUT2D eigenvalue weighted by atomic mass is 16.5. The first-order valence-electron chi connectivity index (χ1n) is 39.8. The van der Waals surface area contributed by atoms with E-state index in [1.54, 1.807) is 0 Å². The predicted octanol–water partition coefficient (Wildman–Crippen LogP) is 26.0. The molecule has 0 N–H and O–H groups in total. The van der Waals surface area contributed by atoms with Crippen molar-refractivity contribution in [1.82, 2.24) is 29.9 Å². The van der Waals surface area contributed by atoms with Gasteiger partial charge >= 0.3 is 0 Å². The maximum atomic E-state index is 7.15. The molecule has 0 fully saturated rings. The second-order valence-electron chi connectivity index (χ2n) is 31.8. The topological polar surface area (TPSA) is 95.8 Å². The zero-order chi connectivity index (χ0) is 76.5. The number of para-hydroxylation sites is 2. The summed E-state index contributed by atoms with van der Waals surface area (Å²) < 4.78 is 14.1. The second-order valence-corrected chi connectivity index (χ2v) is 31.8. The monoisotopic (exact) mass is 1480 g/mol. The van der Waals surface area contributed by atoms with Crippen LogP contribution in [-0.2, 0) is 22.7 Å². The molecular weight excluding hydrogens is 1410 g/mol. The van der Waals surface area contributed by atoms with Gasteiger partial charge in [-0.25, -0.2) is 29.9 Å². The molecule has 116 heavy (non-hydrogen) atoms. The average molecular weight is 1480 g/mol. The van der Waals surface area contributed by atoms with Gasteiger partial charge in [-0.05, 0) is 189 Å². The Bertz CT molecular complexity index is 7260. The number of nitrogens with zero attached hydrogens (tertiary/aromatic N) is 6. The molecule has 0 bridgehead atoms. The van der Waals surface area contributed by atoms with Crippen molar-refractivity contribution in [1.29, 1.82) is 0 Å². The number of aromatic nitrogens is 6. The van der Waals surface area contributed by atoms with Gasteiger partial charge in [-0.1, -0.05) is 317 Å². The Morgan fingerprint density at radius 3 is 1.20 bits per heavy atom. The highest BCUT2D eigenvalue weighted by Gasteiger charge is 2.54. The lowest BCUT2D eigenvalue weighted by atomic mass is 9.65. The van der Waals surface area contributed by atoms with E-state index < -0.39 is 10.8 Å². The smallest absolute Gasteiger partial charge is 0.164 e. The summed E-state index contributed by atoms with van der Waals surface area (Å²) in [4.78, 5) is 32.6. The standard InChI is InChI=1S/C108H68N6O2/c1-106(2)84-42-17-13-35-77(84)80-54-51-70(63-91(80)106)102-109-100(64-27-5-3-6-28-64)111-104(113-102)81-38-11-9-34-75(81)67-53-56-97-93(62-67)108(89-47-22-24-50-95(89)116-97)87-45-20-16-40-83(87)99-76(41-26-48-90(99)108)71-57-68-31-25-32-69-58-73(60-72(59-71)98(68)69)103-110-101(65-29-7-4-8-30-65)112-105(114-103)82-39-12-10-33-74(82)66-52-55-96-92(61-66)107(88-46-21-23-49-94(88)115-96)85-43-18-14-36-78(85)79-37-15-19-44-86(79)107/h3-30,32-63H,31H2,1-2H3. The molecule has 0 amide bonds. The number of ether oxygens (including phenoxy) is 2. The zero-order valence-corrected chi connectivity index (χ0v) is 63.3. The number of hydrogen-bond acceptors (Lipinski definition) is 8. The van der Waals surface area contributed by atoms with Crippen molar-refractivity contribution in [3.05, 3.63) is 425 Å². The van der Waals surface area contributed by atoms with Gasteiger partial charge in [-0.3, -0.25) is 0 Å². The van der Waals surface area contributed by atoms with Crippen LogP contribution in [0.25, 0.3) is 152 Å². The van der Waals surface area contributed by atoms with Crippen molar-refractivity contribution < 1.29 is 9.47 Å². The van der Waals surface area contributed by atoms with Gasteiger partial charge in [0.25, 0.3) is 0 Å². The summed E-state index contributed by atoms with van der Waals surface area (Å²) in [5.41, 5.74) is 31.5. The van der Waals surface area contributed by atoms with E-state index in [0.29, 0.717) is 34.9 Å². The average Bonchev–Trinajstić information content (AvgIpc) is 1.49. The number of benzene rings is 16. The van der Waals surface area contributed by atoms with Gasteiger partial charge in [-0.15, -0.1) is 0 Å². The molecule has 0 saturated heterocycles. The SMILES string of the molecule is CC1(C)c2ccccc2-c2ccc(-c3nc(-c4ccccc4)nc(-c4ccccc4-c4ccc5c(c4)C4(c6ccccc6O5)c5ccccc5-c5c(-c6cc7c8c(cc(-c9nc(-c%10ccccc%10)nc(-c%10ccccc%10-c%10ccc%11c(c%10)C%10(c%12ccccc%12O%11)c%11ccccc%11-c%11ccccc%11%10)n9)cc8c6)C=CC7)cccc54)n3)cc21. The molecule has 542 valence electrons. The van der Waals surface area contributed by atoms with E-state index >= 15 is 0 Å². The summed E-state index contributed by atoms with van der Waals surface area (Å²) >= 11 is 0. The first kappa shape index (κ1) is 65.8. The van der Waals surface area contributed by atoms with E-state index in [1.165, 1.54) is 77.7 Å². The third-order valence-corrected chi connectivity index (χ3v) is 25.3. The largest absolute Gasteiger partial charge is 0.457 e. The van der Waals surface area contributed by atoms with E-state index in [0.717, 1.165) is 129 Å². The Kier molecular flexibility index (Phi) is 14.2. The minimum Gasteiger partial charge on any atom is -0.457 e. The molecule has 0 radical (unpaired) electrons. The minimum atomic E-state index is -0.810. The molecule has 24 rings (SSSR count). The molecule has 2 aliphatic heterocycles. The van der Waals surface area contributed by atoms with Crippen LogP contribution in [0.4, 0.5) is 0 Å². The highest BCUT2D eigenvalue weighted by Crippen LogP contribution is 2.66. The van der Waals surface area contributed by atoms with Gasteiger partial charge in [0, 0.05) is 61.0 Å². The fourth-order valence-electron chi connectivity index (χ4n) is 20.3. The maximum absolute atomic E-state index is 7.15. The van der Waals surface area contributed by atoms with E-state index in [1.807, 2.05) is 36.4 Å². The molecule has 2 spiro atoms. The lowest BCUT2D eigenvalue weighted by Gasteiger charge is -2.39. The Balaban J connectivity index is 0.643. The molecule has 0 saturated carbocycles. The van der Waals surface area contributed by atoms with Gasteiger partial charge in [-0.2, -0.15) is 0 Å². The normalized spacial score (nSPS) is 15.1. The van der Waals surface area contributed by atoms with Crippen molar-refractivity contribution in [2.75, 3.05) is 0 Å². The summed E-state index contributed by atoms with van der Waals surface area (Å²) in [6.45, 7) is 4.63. The molecule has 8 nitrogen and oxygen atoms in total. The van der Waals surface area contributed by atoms with E-state index in [4.69, 9.17) is 39.4 Å². The summed E-state index contributed by atoms with van der Waals surface area (Å²) in [5.74, 6) is 6.86. The lowest BCUT2D eigenvalue weighted by molar-refractivity contribution is 0.436. The highest BCUT2D eigenvalue weighted by molar-refractivity contribution is 6.04. The fourth-order valence-corrected chi connectivity index (χ4v) is 20.3. The molecule has 16 aromatic carbocycles. The van der Waals surface area contributed by atoms with Crippen LogP contribution in [0.2, 0.25) is 0 Å². The van der Waals surface area contributed by atoms with Crippen molar-refractivity contribution >= 4 is 16.8 Å². The van der Waals surface area contributed by atoms with Gasteiger partial charge in [0.05, 0.1) is 10.8 Å². The Labute approximate surface area is 671 Å². The fraction of sp³-hybridized carbons (Fsp3) is 0.0556. The van der Waals surface area contributed by atoms with Crippen LogP contribution < -0.4 is 9.47 Å². The summed E-state index contributed by atoms with van der Waals surface area (Å²) in [5, 5.41) is 2.33.